The monoisotopic (exact) mass is 441 g/mol. The van der Waals surface area contributed by atoms with Gasteiger partial charge in [0.1, 0.15) is 5.69 Å². The van der Waals surface area contributed by atoms with Crippen molar-refractivity contribution in [1.82, 2.24) is 4.68 Å². The quantitative estimate of drug-likeness (QED) is 0.487. The summed E-state index contributed by atoms with van der Waals surface area (Å²) in [6, 6.07) is 7.88. The van der Waals surface area contributed by atoms with E-state index in [0.29, 0.717) is 23.3 Å². The summed E-state index contributed by atoms with van der Waals surface area (Å²) in [5.41, 5.74) is 1.69. The summed E-state index contributed by atoms with van der Waals surface area (Å²) in [7, 11) is 4.79. The van der Waals surface area contributed by atoms with E-state index in [0.717, 1.165) is 34.7 Å². The lowest BCUT2D eigenvalue weighted by molar-refractivity contribution is 0.324. The number of nitrogens with zero attached hydrogens (tertiary/aromatic N) is 3. The van der Waals surface area contributed by atoms with Gasteiger partial charge in [0.2, 0.25) is 10.6 Å². The highest BCUT2D eigenvalue weighted by molar-refractivity contribution is 7.07. The summed E-state index contributed by atoms with van der Waals surface area (Å²) in [4.78, 5) is 5.88. The number of aromatic nitrogens is 1. The molecule has 0 radical (unpaired) electrons. The van der Waals surface area contributed by atoms with Gasteiger partial charge in [0, 0.05) is 10.9 Å². The van der Waals surface area contributed by atoms with E-state index in [4.69, 9.17) is 28.7 Å². The molecule has 31 heavy (non-hydrogen) atoms. The van der Waals surface area contributed by atoms with Gasteiger partial charge in [-0.3, -0.25) is 4.99 Å². The minimum absolute atomic E-state index is 0.347. The number of rotatable bonds is 7. The van der Waals surface area contributed by atoms with Crippen LogP contribution in [0.4, 0.5) is 0 Å². The number of hydrogen-bond acceptors (Lipinski definition) is 7. The van der Waals surface area contributed by atoms with Gasteiger partial charge in [-0.15, -0.1) is 11.3 Å². The fourth-order valence-electron chi connectivity index (χ4n) is 3.76. The van der Waals surface area contributed by atoms with E-state index < -0.39 is 0 Å². The molecule has 2 aromatic heterocycles. The first kappa shape index (κ1) is 21.2. The minimum atomic E-state index is 0.347. The Morgan fingerprint density at radius 3 is 2.42 bits per heavy atom. The molecule has 0 unspecified atom stereocenters. The maximum Gasteiger partial charge on any atom is 0.206 e. The van der Waals surface area contributed by atoms with Crippen LogP contribution >= 0.6 is 11.3 Å². The van der Waals surface area contributed by atoms with Crippen LogP contribution in [0.15, 0.2) is 50.4 Å². The predicted molar refractivity (Wildman–Crippen MR) is 122 cm³/mol. The molecule has 1 saturated carbocycles. The Kier molecular flexibility index (Phi) is 6.76. The van der Waals surface area contributed by atoms with Gasteiger partial charge in [0.05, 0.1) is 39.8 Å². The summed E-state index contributed by atoms with van der Waals surface area (Å²) in [5.74, 6) is 2.46. The van der Waals surface area contributed by atoms with E-state index >= 15 is 0 Å². The van der Waals surface area contributed by atoms with Crippen molar-refractivity contribution < 1.29 is 18.6 Å². The smallest absolute Gasteiger partial charge is 0.206 e. The van der Waals surface area contributed by atoms with Crippen molar-refractivity contribution in [3.05, 3.63) is 46.3 Å². The van der Waals surface area contributed by atoms with E-state index in [-0.39, 0.29) is 0 Å². The van der Waals surface area contributed by atoms with Crippen LogP contribution in [-0.4, -0.2) is 38.3 Å². The van der Waals surface area contributed by atoms with Crippen LogP contribution < -0.4 is 19.0 Å². The third kappa shape index (κ3) is 4.69. The number of furan rings is 1. The lowest BCUT2D eigenvalue weighted by Gasteiger charge is -2.16. The molecule has 0 spiro atoms. The molecule has 0 saturated heterocycles. The third-order valence-corrected chi connectivity index (χ3v) is 6.17. The topological polar surface area (TPSA) is 70.5 Å². The summed E-state index contributed by atoms with van der Waals surface area (Å²) in [6.45, 7) is 0. The molecule has 2 heterocycles. The standard InChI is InChI=1S/C23H27N3O4S/c1-27-20-12-16(13-21(28-2)22(20)29-3)14-24-26-18(19-10-7-11-30-19)15-31-23(26)25-17-8-5-4-6-9-17/h7,10-15,17H,4-6,8-9H2,1-3H3. The molecule has 4 rings (SSSR count). The largest absolute Gasteiger partial charge is 0.493 e. The van der Waals surface area contributed by atoms with Crippen LogP contribution in [-0.2, 0) is 0 Å². The van der Waals surface area contributed by atoms with Crippen LogP contribution in [0.2, 0.25) is 0 Å². The first-order valence-corrected chi connectivity index (χ1v) is 11.2. The molecule has 8 heteroatoms. The molecule has 0 bridgehead atoms. The zero-order valence-electron chi connectivity index (χ0n) is 18.0. The maximum atomic E-state index is 5.63. The van der Waals surface area contributed by atoms with Crippen molar-refractivity contribution in [3.8, 4) is 28.7 Å². The van der Waals surface area contributed by atoms with Crippen molar-refractivity contribution >= 4 is 17.6 Å². The summed E-state index contributed by atoms with van der Waals surface area (Å²) < 4.78 is 23.8. The van der Waals surface area contributed by atoms with E-state index in [9.17, 15) is 0 Å². The zero-order chi connectivity index (χ0) is 21.6. The van der Waals surface area contributed by atoms with Crippen molar-refractivity contribution in [2.45, 2.75) is 38.1 Å². The minimum Gasteiger partial charge on any atom is -0.493 e. The highest BCUT2D eigenvalue weighted by Gasteiger charge is 2.16. The number of thiazole rings is 1. The predicted octanol–water partition coefficient (Wildman–Crippen LogP) is 4.95. The van der Waals surface area contributed by atoms with Crippen molar-refractivity contribution in [3.63, 3.8) is 0 Å². The van der Waals surface area contributed by atoms with Gasteiger partial charge in [-0.05, 0) is 37.1 Å². The van der Waals surface area contributed by atoms with Crippen LogP contribution in [0.25, 0.3) is 11.5 Å². The second kappa shape index (κ2) is 9.87. The molecule has 1 fully saturated rings. The van der Waals surface area contributed by atoms with Crippen molar-refractivity contribution in [2.75, 3.05) is 21.3 Å². The fraction of sp³-hybridized carbons (Fsp3) is 0.391. The highest BCUT2D eigenvalue weighted by Crippen LogP contribution is 2.37. The molecule has 1 aliphatic rings. The molecule has 0 aliphatic heterocycles. The van der Waals surface area contributed by atoms with Crippen LogP contribution in [0.1, 0.15) is 37.7 Å². The molecule has 1 aliphatic carbocycles. The average molecular weight is 442 g/mol. The molecule has 0 N–H and O–H groups in total. The molecule has 0 atom stereocenters. The summed E-state index contributed by atoms with van der Waals surface area (Å²) in [6.07, 6.45) is 9.46. The Balaban J connectivity index is 1.75. The molecular weight excluding hydrogens is 414 g/mol. The third-order valence-electron chi connectivity index (χ3n) is 5.34. The number of ether oxygens (including phenoxy) is 3. The maximum absolute atomic E-state index is 5.63. The Labute approximate surface area is 185 Å². The Morgan fingerprint density at radius 1 is 1.06 bits per heavy atom. The zero-order valence-corrected chi connectivity index (χ0v) is 18.9. The molecule has 3 aromatic rings. The van der Waals surface area contributed by atoms with Crippen molar-refractivity contribution in [2.24, 2.45) is 10.1 Å². The summed E-state index contributed by atoms with van der Waals surface area (Å²) in [5, 5.41) is 6.80. The lowest BCUT2D eigenvalue weighted by Crippen LogP contribution is -2.18. The van der Waals surface area contributed by atoms with Gasteiger partial charge in [-0.25, -0.2) is 4.68 Å². The molecule has 0 amide bonds. The molecule has 1 aromatic carbocycles. The van der Waals surface area contributed by atoms with Crippen LogP contribution in [0.3, 0.4) is 0 Å². The SMILES string of the molecule is COc1cc(C=Nn2c(-c3ccco3)csc2=NC2CCCCC2)cc(OC)c1OC. The van der Waals surface area contributed by atoms with Gasteiger partial charge in [0.25, 0.3) is 0 Å². The van der Waals surface area contributed by atoms with Gasteiger partial charge >= 0.3 is 0 Å². The first-order valence-electron chi connectivity index (χ1n) is 10.4. The highest BCUT2D eigenvalue weighted by atomic mass is 32.1. The number of hydrogen-bond donors (Lipinski definition) is 0. The fourth-order valence-corrected chi connectivity index (χ4v) is 4.65. The van der Waals surface area contributed by atoms with Gasteiger partial charge < -0.3 is 18.6 Å². The summed E-state index contributed by atoms with van der Waals surface area (Å²) >= 11 is 1.58. The number of methoxy groups -OCH3 is 3. The van der Waals surface area contributed by atoms with Crippen molar-refractivity contribution in [1.29, 1.82) is 0 Å². The second-order valence-corrected chi connectivity index (χ2v) is 8.15. The first-order chi connectivity index (χ1) is 15.2. The van der Waals surface area contributed by atoms with Crippen LogP contribution in [0, 0.1) is 0 Å². The molecule has 7 nitrogen and oxygen atoms in total. The van der Waals surface area contributed by atoms with E-state index in [2.05, 4.69) is 0 Å². The Hall–Kier alpha value is -3.00. The van der Waals surface area contributed by atoms with Crippen LogP contribution in [0.5, 0.6) is 17.2 Å². The van der Waals surface area contributed by atoms with Gasteiger partial charge in [0.15, 0.2) is 17.3 Å². The number of benzene rings is 1. The molecule has 164 valence electrons. The average Bonchev–Trinajstić information content (AvgIpc) is 3.47. The second-order valence-electron chi connectivity index (χ2n) is 7.32. The Bertz CT molecular complexity index is 1070. The normalized spacial score (nSPS) is 15.5. The van der Waals surface area contributed by atoms with E-state index in [1.54, 1.807) is 45.1 Å². The lowest BCUT2D eigenvalue weighted by atomic mass is 9.96. The van der Waals surface area contributed by atoms with E-state index in [1.165, 1.54) is 19.3 Å². The molecular formula is C23H27N3O4S. The Morgan fingerprint density at radius 2 is 1.81 bits per heavy atom. The van der Waals surface area contributed by atoms with E-state index in [1.807, 2.05) is 34.3 Å². The van der Waals surface area contributed by atoms with Gasteiger partial charge in [-0.2, -0.15) is 5.10 Å². The van der Waals surface area contributed by atoms with Gasteiger partial charge in [-0.1, -0.05) is 19.3 Å².